The van der Waals surface area contributed by atoms with E-state index in [4.69, 9.17) is 0 Å². The second-order valence-electron chi connectivity index (χ2n) is 6.62. The number of aryl methyl sites for hydroxylation is 1. The summed E-state index contributed by atoms with van der Waals surface area (Å²) in [7, 11) is 3.82. The number of hydrogen-bond donors (Lipinski definition) is 1. The van der Waals surface area contributed by atoms with E-state index in [1.165, 1.54) is 12.1 Å². The third-order valence-corrected chi connectivity index (χ3v) is 5.34. The lowest BCUT2D eigenvalue weighted by Gasteiger charge is -2.25. The van der Waals surface area contributed by atoms with Gasteiger partial charge in [0.2, 0.25) is 0 Å². The van der Waals surface area contributed by atoms with E-state index in [2.05, 4.69) is 10.3 Å². The molecule has 0 aliphatic heterocycles. The monoisotopic (exact) mass is 383 g/mol. The van der Waals surface area contributed by atoms with Crippen LogP contribution in [-0.2, 0) is 0 Å². The van der Waals surface area contributed by atoms with Crippen LogP contribution >= 0.6 is 11.3 Å². The number of amides is 1. The predicted molar refractivity (Wildman–Crippen MR) is 107 cm³/mol. The first-order chi connectivity index (χ1) is 12.9. The lowest BCUT2D eigenvalue weighted by atomic mass is 10.1. The molecule has 140 valence electrons. The van der Waals surface area contributed by atoms with Crippen molar-refractivity contribution in [2.24, 2.45) is 0 Å². The molecule has 0 aliphatic carbocycles. The van der Waals surface area contributed by atoms with E-state index in [0.29, 0.717) is 12.1 Å². The highest BCUT2D eigenvalue weighted by atomic mass is 32.1. The highest BCUT2D eigenvalue weighted by Crippen LogP contribution is 2.24. The van der Waals surface area contributed by atoms with Crippen LogP contribution in [0.4, 0.5) is 4.39 Å². The Labute approximate surface area is 162 Å². The molecule has 27 heavy (non-hydrogen) atoms. The maximum atomic E-state index is 13.5. The molecule has 0 bridgehead atoms. The van der Waals surface area contributed by atoms with Gasteiger partial charge in [-0.3, -0.25) is 4.79 Å². The normalized spacial score (nSPS) is 12.2. The minimum Gasteiger partial charge on any atom is -0.350 e. The van der Waals surface area contributed by atoms with Crippen molar-refractivity contribution in [3.63, 3.8) is 0 Å². The van der Waals surface area contributed by atoms with Gasteiger partial charge in [-0.1, -0.05) is 24.3 Å². The summed E-state index contributed by atoms with van der Waals surface area (Å²) in [6, 6.07) is 13.8. The number of benzene rings is 2. The van der Waals surface area contributed by atoms with Crippen molar-refractivity contribution in [2.75, 3.05) is 20.6 Å². The average molecular weight is 383 g/mol. The summed E-state index contributed by atoms with van der Waals surface area (Å²) in [5.41, 5.74) is 3.40. The minimum absolute atomic E-state index is 0.109. The number of carbonyl (C=O) groups is 1. The van der Waals surface area contributed by atoms with E-state index in [-0.39, 0.29) is 17.8 Å². The summed E-state index contributed by atoms with van der Waals surface area (Å²) in [6.07, 6.45) is 0. The largest absolute Gasteiger partial charge is 0.350 e. The van der Waals surface area contributed by atoms with E-state index in [1.807, 2.05) is 49.5 Å². The number of nitrogens with one attached hydrogen (secondary N) is 1. The van der Waals surface area contributed by atoms with Gasteiger partial charge in [0.25, 0.3) is 5.91 Å². The molecule has 0 unspecified atom stereocenters. The first-order valence-corrected chi connectivity index (χ1v) is 9.54. The van der Waals surface area contributed by atoms with Crippen molar-refractivity contribution < 1.29 is 9.18 Å². The summed E-state index contributed by atoms with van der Waals surface area (Å²) in [4.78, 5) is 18.9. The molecule has 1 heterocycles. The molecule has 1 atom stereocenters. The third kappa shape index (κ3) is 4.78. The zero-order chi connectivity index (χ0) is 19.4. The van der Waals surface area contributed by atoms with Gasteiger partial charge in [-0.2, -0.15) is 0 Å². The van der Waals surface area contributed by atoms with Crippen LogP contribution in [0, 0.1) is 12.7 Å². The number of hydrogen-bond acceptors (Lipinski definition) is 4. The van der Waals surface area contributed by atoms with E-state index >= 15 is 0 Å². The molecule has 1 N–H and O–H groups in total. The van der Waals surface area contributed by atoms with Gasteiger partial charge in [-0.05, 0) is 50.8 Å². The van der Waals surface area contributed by atoms with Crippen molar-refractivity contribution in [1.29, 1.82) is 0 Å². The average Bonchev–Trinajstić information content (AvgIpc) is 3.08. The predicted octanol–water partition coefficient (Wildman–Crippen LogP) is 4.29. The van der Waals surface area contributed by atoms with E-state index in [0.717, 1.165) is 21.8 Å². The van der Waals surface area contributed by atoms with Crippen molar-refractivity contribution in [2.45, 2.75) is 13.0 Å². The fraction of sp³-hybridized carbons (Fsp3) is 0.238. The summed E-state index contributed by atoms with van der Waals surface area (Å²) < 4.78 is 13.5. The maximum absolute atomic E-state index is 13.5. The van der Waals surface area contributed by atoms with E-state index in [9.17, 15) is 9.18 Å². The quantitative estimate of drug-likeness (QED) is 0.691. The molecule has 0 fully saturated rings. The number of aromatic nitrogens is 1. The fourth-order valence-electron chi connectivity index (χ4n) is 2.85. The summed E-state index contributed by atoms with van der Waals surface area (Å²) in [6.45, 7) is 2.35. The second-order valence-corrected chi connectivity index (χ2v) is 7.47. The molecule has 3 rings (SSSR count). The number of rotatable bonds is 6. The third-order valence-electron chi connectivity index (χ3n) is 4.33. The molecule has 0 saturated heterocycles. The Bertz CT molecular complexity index is 921. The molecule has 0 radical (unpaired) electrons. The number of halogens is 1. The van der Waals surface area contributed by atoms with Crippen molar-refractivity contribution in [3.05, 3.63) is 76.5 Å². The Hall–Kier alpha value is -2.57. The van der Waals surface area contributed by atoms with E-state index in [1.54, 1.807) is 29.5 Å². The Balaban J connectivity index is 1.67. The second kappa shape index (κ2) is 8.41. The molecule has 0 spiro atoms. The van der Waals surface area contributed by atoms with E-state index < -0.39 is 0 Å². The molecule has 2 aromatic carbocycles. The lowest BCUT2D eigenvalue weighted by molar-refractivity contribution is 0.0942. The number of thiazole rings is 1. The Morgan fingerprint density at radius 3 is 2.56 bits per heavy atom. The Morgan fingerprint density at radius 1 is 1.22 bits per heavy atom. The summed E-state index contributed by atoms with van der Waals surface area (Å²) >= 11 is 1.59. The van der Waals surface area contributed by atoms with Crippen LogP contribution in [-0.4, -0.2) is 36.4 Å². The highest BCUT2D eigenvalue weighted by molar-refractivity contribution is 7.13. The molecule has 0 aliphatic rings. The van der Waals surface area contributed by atoms with Crippen molar-refractivity contribution in [3.8, 4) is 10.6 Å². The van der Waals surface area contributed by atoms with Gasteiger partial charge in [0.05, 0.1) is 6.04 Å². The molecule has 0 saturated carbocycles. The van der Waals surface area contributed by atoms with Gasteiger partial charge < -0.3 is 10.2 Å². The van der Waals surface area contributed by atoms with Gasteiger partial charge in [-0.15, -0.1) is 11.3 Å². The Morgan fingerprint density at radius 2 is 1.96 bits per heavy atom. The first-order valence-electron chi connectivity index (χ1n) is 8.66. The fourth-order valence-corrected chi connectivity index (χ4v) is 3.66. The van der Waals surface area contributed by atoms with Crippen molar-refractivity contribution in [1.82, 2.24) is 15.2 Å². The Kier molecular flexibility index (Phi) is 5.98. The summed E-state index contributed by atoms with van der Waals surface area (Å²) in [5, 5.41) is 5.89. The SMILES string of the molecule is Cc1csc(-c2ccc(C(=O)NC[C@@H](c3cccc(F)c3)N(C)C)cc2)n1. The molecular formula is C21H22FN3OS. The van der Waals surface area contributed by atoms with Crippen LogP contribution in [0.5, 0.6) is 0 Å². The lowest BCUT2D eigenvalue weighted by Crippen LogP contribution is -2.34. The standard InChI is InChI=1S/C21H22FN3OS/c1-14-13-27-21(24-14)16-9-7-15(8-10-16)20(26)23-12-19(25(2)3)17-5-4-6-18(22)11-17/h4-11,13,19H,12H2,1-3H3,(H,23,26)/t19-/m0/s1. The van der Waals surface area contributed by atoms with Crippen LogP contribution < -0.4 is 5.32 Å². The molecular weight excluding hydrogens is 361 g/mol. The van der Waals surface area contributed by atoms with Crippen LogP contribution in [0.1, 0.15) is 27.7 Å². The van der Waals surface area contributed by atoms with Gasteiger partial charge in [0, 0.05) is 28.7 Å². The number of likely N-dealkylation sites (N-methyl/N-ethyl adjacent to an activating group) is 1. The van der Waals surface area contributed by atoms with Gasteiger partial charge >= 0.3 is 0 Å². The zero-order valence-electron chi connectivity index (χ0n) is 15.6. The highest BCUT2D eigenvalue weighted by Gasteiger charge is 2.16. The zero-order valence-corrected chi connectivity index (χ0v) is 16.4. The van der Waals surface area contributed by atoms with Gasteiger partial charge in [0.15, 0.2) is 0 Å². The topological polar surface area (TPSA) is 45.2 Å². The summed E-state index contributed by atoms with van der Waals surface area (Å²) in [5.74, 6) is -0.432. The molecule has 6 heteroatoms. The van der Waals surface area contributed by atoms with Gasteiger partial charge in [-0.25, -0.2) is 9.37 Å². The minimum atomic E-state index is -0.279. The maximum Gasteiger partial charge on any atom is 0.251 e. The molecule has 3 aromatic rings. The van der Waals surface area contributed by atoms with Crippen LogP contribution in [0.25, 0.3) is 10.6 Å². The van der Waals surface area contributed by atoms with Gasteiger partial charge in [0.1, 0.15) is 10.8 Å². The number of carbonyl (C=O) groups excluding carboxylic acids is 1. The van der Waals surface area contributed by atoms with Crippen LogP contribution in [0.15, 0.2) is 53.9 Å². The first kappa shape index (κ1) is 19.2. The molecule has 1 amide bonds. The van der Waals surface area contributed by atoms with Crippen LogP contribution in [0.2, 0.25) is 0 Å². The van der Waals surface area contributed by atoms with Crippen LogP contribution in [0.3, 0.4) is 0 Å². The molecule has 1 aromatic heterocycles. The number of nitrogens with zero attached hydrogens (tertiary/aromatic N) is 2. The smallest absolute Gasteiger partial charge is 0.251 e. The van der Waals surface area contributed by atoms with Crippen molar-refractivity contribution >= 4 is 17.2 Å². The molecule has 4 nitrogen and oxygen atoms in total.